The molecular formula is C26H32N4O. The van der Waals surface area contributed by atoms with Crippen LogP contribution >= 0.6 is 0 Å². The lowest BCUT2D eigenvalue weighted by atomic mass is 9.99. The molecule has 0 radical (unpaired) electrons. The van der Waals surface area contributed by atoms with Gasteiger partial charge < -0.3 is 16.0 Å². The number of rotatable bonds is 5. The van der Waals surface area contributed by atoms with Gasteiger partial charge in [-0.05, 0) is 41.0 Å². The van der Waals surface area contributed by atoms with Crippen LogP contribution in [0.5, 0.6) is 0 Å². The van der Waals surface area contributed by atoms with Crippen LogP contribution in [0.3, 0.4) is 0 Å². The number of benzene rings is 3. The first-order valence-corrected chi connectivity index (χ1v) is 11.2. The van der Waals surface area contributed by atoms with Gasteiger partial charge in [0.15, 0.2) is 0 Å². The molecule has 3 aromatic carbocycles. The maximum atomic E-state index is 12.8. The molecule has 1 unspecified atom stereocenters. The van der Waals surface area contributed by atoms with Gasteiger partial charge in [-0.15, -0.1) is 0 Å². The van der Waals surface area contributed by atoms with Gasteiger partial charge in [0, 0.05) is 51.4 Å². The van der Waals surface area contributed by atoms with E-state index in [9.17, 15) is 4.79 Å². The molecule has 3 aromatic rings. The fraction of sp³-hybridized carbons (Fsp3) is 0.346. The van der Waals surface area contributed by atoms with Gasteiger partial charge in [-0.2, -0.15) is 0 Å². The van der Waals surface area contributed by atoms with Crippen LogP contribution in [0.1, 0.15) is 34.5 Å². The molecular weight excluding hydrogens is 384 g/mol. The standard InChI is InChI=1S/C26H32N4O/c1-20(24-8-4-6-22-5-2-3-7-25(22)24)29-26(31)23-11-9-21(10-12-23)19-30-17-15-27-13-14-28-16-18-30/h2-12,20,27-28H,13-19H2,1H3,(H,29,31). The van der Waals surface area contributed by atoms with Crippen molar-refractivity contribution in [2.75, 3.05) is 39.3 Å². The first kappa shape index (κ1) is 21.5. The molecule has 5 heteroatoms. The Morgan fingerprint density at radius 2 is 1.58 bits per heavy atom. The van der Waals surface area contributed by atoms with Crippen molar-refractivity contribution in [3.8, 4) is 0 Å². The summed E-state index contributed by atoms with van der Waals surface area (Å²) in [5.74, 6) is -0.0388. The van der Waals surface area contributed by atoms with E-state index in [4.69, 9.17) is 0 Å². The minimum atomic E-state index is -0.0664. The quantitative estimate of drug-likeness (QED) is 0.597. The van der Waals surface area contributed by atoms with Crippen molar-refractivity contribution in [1.29, 1.82) is 0 Å². The summed E-state index contributed by atoms with van der Waals surface area (Å²) in [6.07, 6.45) is 0. The lowest BCUT2D eigenvalue weighted by molar-refractivity contribution is 0.0940. The van der Waals surface area contributed by atoms with Crippen LogP contribution in [0.25, 0.3) is 10.8 Å². The Balaban J connectivity index is 1.38. The number of carbonyl (C=O) groups is 1. The van der Waals surface area contributed by atoms with Crippen molar-refractivity contribution in [3.63, 3.8) is 0 Å². The number of nitrogens with one attached hydrogen (secondary N) is 3. The average Bonchev–Trinajstić information content (AvgIpc) is 2.93. The van der Waals surface area contributed by atoms with Crippen molar-refractivity contribution in [3.05, 3.63) is 83.4 Å². The first-order chi connectivity index (χ1) is 15.2. The van der Waals surface area contributed by atoms with E-state index in [2.05, 4.69) is 57.2 Å². The number of fused-ring (bicyclic) bond motifs is 1. The number of nitrogens with zero attached hydrogens (tertiary/aromatic N) is 1. The summed E-state index contributed by atoms with van der Waals surface area (Å²) in [6.45, 7) is 9.07. The molecule has 162 valence electrons. The van der Waals surface area contributed by atoms with Gasteiger partial charge in [0.05, 0.1) is 6.04 Å². The molecule has 1 aliphatic heterocycles. The third kappa shape index (κ3) is 5.70. The molecule has 1 saturated heterocycles. The average molecular weight is 417 g/mol. The number of hydrogen-bond donors (Lipinski definition) is 3. The highest BCUT2D eigenvalue weighted by atomic mass is 16.1. The molecule has 3 N–H and O–H groups in total. The van der Waals surface area contributed by atoms with E-state index < -0.39 is 0 Å². The van der Waals surface area contributed by atoms with E-state index in [0.717, 1.165) is 51.4 Å². The summed E-state index contributed by atoms with van der Waals surface area (Å²) in [5.41, 5.74) is 3.07. The Labute approximate surface area is 184 Å². The van der Waals surface area contributed by atoms with Crippen LogP contribution in [-0.2, 0) is 6.54 Å². The molecule has 0 aliphatic carbocycles. The number of amides is 1. The predicted octanol–water partition coefficient (Wildman–Crippen LogP) is 3.33. The maximum absolute atomic E-state index is 12.8. The van der Waals surface area contributed by atoms with Crippen molar-refractivity contribution in [2.45, 2.75) is 19.5 Å². The zero-order valence-corrected chi connectivity index (χ0v) is 18.2. The summed E-state index contributed by atoms with van der Waals surface area (Å²) in [7, 11) is 0. The number of hydrogen-bond acceptors (Lipinski definition) is 4. The Hall–Kier alpha value is -2.73. The minimum absolute atomic E-state index is 0.0388. The Morgan fingerprint density at radius 3 is 2.32 bits per heavy atom. The molecule has 1 fully saturated rings. The molecule has 0 bridgehead atoms. The second kappa shape index (κ2) is 10.5. The first-order valence-electron chi connectivity index (χ1n) is 11.2. The third-order valence-electron chi connectivity index (χ3n) is 5.95. The summed E-state index contributed by atoms with van der Waals surface area (Å²) in [6, 6.07) is 22.5. The van der Waals surface area contributed by atoms with Gasteiger partial charge in [-0.1, -0.05) is 54.6 Å². The summed E-state index contributed by atoms with van der Waals surface area (Å²) in [5, 5.41) is 12.4. The van der Waals surface area contributed by atoms with Crippen molar-refractivity contribution in [2.24, 2.45) is 0 Å². The Bertz CT molecular complexity index is 986. The third-order valence-corrected chi connectivity index (χ3v) is 5.95. The van der Waals surface area contributed by atoms with Gasteiger partial charge in [0.25, 0.3) is 5.91 Å². The van der Waals surface area contributed by atoms with Crippen LogP contribution in [0.4, 0.5) is 0 Å². The zero-order valence-electron chi connectivity index (χ0n) is 18.2. The van der Waals surface area contributed by atoms with Crippen molar-refractivity contribution >= 4 is 16.7 Å². The van der Waals surface area contributed by atoms with E-state index in [1.807, 2.05) is 37.3 Å². The van der Waals surface area contributed by atoms with Crippen molar-refractivity contribution < 1.29 is 4.79 Å². The van der Waals surface area contributed by atoms with Gasteiger partial charge in [0.2, 0.25) is 0 Å². The van der Waals surface area contributed by atoms with Crippen LogP contribution in [0.2, 0.25) is 0 Å². The van der Waals surface area contributed by atoms with Crippen LogP contribution < -0.4 is 16.0 Å². The van der Waals surface area contributed by atoms with Gasteiger partial charge >= 0.3 is 0 Å². The van der Waals surface area contributed by atoms with Gasteiger partial charge in [-0.3, -0.25) is 9.69 Å². The maximum Gasteiger partial charge on any atom is 0.251 e. The normalized spacial score (nSPS) is 16.8. The fourth-order valence-electron chi connectivity index (χ4n) is 4.18. The molecule has 31 heavy (non-hydrogen) atoms. The molecule has 0 saturated carbocycles. The molecule has 1 heterocycles. The fourth-order valence-corrected chi connectivity index (χ4v) is 4.18. The number of carbonyl (C=O) groups excluding carboxylic acids is 1. The highest BCUT2D eigenvalue weighted by Gasteiger charge is 2.14. The topological polar surface area (TPSA) is 56.4 Å². The molecule has 5 nitrogen and oxygen atoms in total. The predicted molar refractivity (Wildman–Crippen MR) is 127 cm³/mol. The van der Waals surface area contributed by atoms with E-state index in [-0.39, 0.29) is 11.9 Å². The smallest absolute Gasteiger partial charge is 0.251 e. The summed E-state index contributed by atoms with van der Waals surface area (Å²) >= 11 is 0. The monoisotopic (exact) mass is 416 g/mol. The van der Waals surface area contributed by atoms with Gasteiger partial charge in [0.1, 0.15) is 0 Å². The van der Waals surface area contributed by atoms with Crippen LogP contribution in [0, 0.1) is 0 Å². The molecule has 1 aliphatic rings. The van der Waals surface area contributed by atoms with E-state index in [1.165, 1.54) is 16.3 Å². The molecule has 4 rings (SSSR count). The lowest BCUT2D eigenvalue weighted by Gasteiger charge is -2.21. The summed E-state index contributed by atoms with van der Waals surface area (Å²) < 4.78 is 0. The molecule has 1 atom stereocenters. The largest absolute Gasteiger partial charge is 0.345 e. The minimum Gasteiger partial charge on any atom is -0.345 e. The molecule has 1 amide bonds. The molecule has 0 aromatic heterocycles. The second-order valence-electron chi connectivity index (χ2n) is 8.24. The van der Waals surface area contributed by atoms with E-state index in [0.29, 0.717) is 5.56 Å². The van der Waals surface area contributed by atoms with E-state index in [1.54, 1.807) is 0 Å². The zero-order chi connectivity index (χ0) is 21.5. The lowest BCUT2D eigenvalue weighted by Crippen LogP contribution is -2.33. The highest BCUT2D eigenvalue weighted by molar-refractivity contribution is 5.95. The SMILES string of the molecule is CC(NC(=O)c1ccc(CN2CCNCCNCC2)cc1)c1cccc2ccccc12. The summed E-state index contributed by atoms with van der Waals surface area (Å²) in [4.78, 5) is 15.3. The van der Waals surface area contributed by atoms with Crippen LogP contribution in [0.15, 0.2) is 66.7 Å². The van der Waals surface area contributed by atoms with Crippen LogP contribution in [-0.4, -0.2) is 50.1 Å². The highest BCUT2D eigenvalue weighted by Crippen LogP contribution is 2.24. The van der Waals surface area contributed by atoms with Crippen molar-refractivity contribution in [1.82, 2.24) is 20.9 Å². The van der Waals surface area contributed by atoms with Gasteiger partial charge in [-0.25, -0.2) is 0 Å². The molecule has 0 spiro atoms. The second-order valence-corrected chi connectivity index (χ2v) is 8.24. The van der Waals surface area contributed by atoms with E-state index >= 15 is 0 Å². The Morgan fingerprint density at radius 1 is 0.903 bits per heavy atom. The Kier molecular flexibility index (Phi) is 7.30.